The lowest BCUT2D eigenvalue weighted by atomic mass is 9.94. The first-order chi connectivity index (χ1) is 8.10. The van der Waals surface area contributed by atoms with Crippen LogP contribution in [0, 0.1) is 0 Å². The van der Waals surface area contributed by atoms with E-state index in [9.17, 15) is 9.90 Å². The summed E-state index contributed by atoms with van der Waals surface area (Å²) < 4.78 is 6.20. The molecule has 0 aromatic heterocycles. The second kappa shape index (κ2) is 5.06. The number of piperidine rings is 1. The molecule has 17 heavy (non-hydrogen) atoms. The van der Waals surface area contributed by atoms with Gasteiger partial charge in [-0.2, -0.15) is 0 Å². The average Bonchev–Trinajstić information content (AvgIpc) is 2.27. The Morgan fingerprint density at radius 2 is 2.29 bits per heavy atom. The maximum absolute atomic E-state index is 11.4. The Morgan fingerprint density at radius 3 is 2.94 bits per heavy atom. The zero-order valence-corrected chi connectivity index (χ0v) is 11.0. The molecule has 2 rings (SSSR count). The summed E-state index contributed by atoms with van der Waals surface area (Å²) in [6, 6.07) is 5.45. The lowest BCUT2D eigenvalue weighted by Crippen LogP contribution is -2.39. The predicted molar refractivity (Wildman–Crippen MR) is 66.8 cm³/mol. The minimum atomic E-state index is -0.581. The smallest absolute Gasteiger partial charge is 0.223 e. The van der Waals surface area contributed by atoms with Crippen molar-refractivity contribution in [1.82, 2.24) is 5.32 Å². The number of rotatable bonds is 2. The summed E-state index contributed by atoms with van der Waals surface area (Å²) in [6.07, 6.45) is 0.112. The molecule has 0 bridgehead atoms. The van der Waals surface area contributed by atoms with Crippen LogP contribution in [0.2, 0.25) is 0 Å². The molecule has 1 aliphatic heterocycles. The van der Waals surface area contributed by atoms with E-state index in [1.807, 2.05) is 18.2 Å². The number of aliphatic hydroxyl groups excluding tert-OH is 1. The molecule has 1 heterocycles. The highest BCUT2D eigenvalue weighted by atomic mass is 79.9. The Balaban J connectivity index is 2.29. The van der Waals surface area contributed by atoms with Gasteiger partial charge in [-0.1, -0.05) is 22.0 Å². The molecule has 0 saturated carbocycles. The van der Waals surface area contributed by atoms with Gasteiger partial charge in [0.1, 0.15) is 5.75 Å². The monoisotopic (exact) mass is 299 g/mol. The fourth-order valence-corrected chi connectivity index (χ4v) is 2.40. The van der Waals surface area contributed by atoms with Crippen LogP contribution in [0.15, 0.2) is 22.7 Å². The number of benzene rings is 1. The van der Waals surface area contributed by atoms with E-state index in [0.29, 0.717) is 12.2 Å². The van der Waals surface area contributed by atoms with Crippen molar-refractivity contribution < 1.29 is 14.6 Å². The molecule has 1 amide bonds. The van der Waals surface area contributed by atoms with Crippen LogP contribution in [-0.4, -0.2) is 24.2 Å². The minimum absolute atomic E-state index is 0.126. The maximum atomic E-state index is 11.4. The van der Waals surface area contributed by atoms with Crippen LogP contribution >= 0.6 is 15.9 Å². The third kappa shape index (κ3) is 2.79. The van der Waals surface area contributed by atoms with Crippen LogP contribution in [0.1, 0.15) is 24.4 Å². The minimum Gasteiger partial charge on any atom is -0.496 e. The van der Waals surface area contributed by atoms with E-state index in [4.69, 9.17) is 4.74 Å². The zero-order chi connectivity index (χ0) is 12.4. The van der Waals surface area contributed by atoms with Gasteiger partial charge in [0.05, 0.1) is 25.7 Å². The van der Waals surface area contributed by atoms with Crippen molar-refractivity contribution in [1.29, 1.82) is 0 Å². The van der Waals surface area contributed by atoms with E-state index in [2.05, 4.69) is 21.2 Å². The number of aliphatic hydroxyl groups is 1. The number of carbonyl (C=O) groups excluding carboxylic acids is 1. The summed E-state index contributed by atoms with van der Waals surface area (Å²) in [7, 11) is 1.59. The molecule has 1 unspecified atom stereocenters. The molecule has 1 fully saturated rings. The molecule has 1 aromatic carbocycles. The van der Waals surface area contributed by atoms with Crippen LogP contribution in [-0.2, 0) is 4.79 Å². The van der Waals surface area contributed by atoms with Gasteiger partial charge in [0.2, 0.25) is 5.91 Å². The first kappa shape index (κ1) is 12.4. The lowest BCUT2D eigenvalue weighted by Gasteiger charge is -2.28. The van der Waals surface area contributed by atoms with E-state index in [1.165, 1.54) is 0 Å². The van der Waals surface area contributed by atoms with Crippen molar-refractivity contribution in [2.75, 3.05) is 7.11 Å². The molecular formula is C12H14BrNO3. The van der Waals surface area contributed by atoms with E-state index in [0.717, 1.165) is 10.0 Å². The molecule has 0 radical (unpaired) electrons. The number of amides is 1. The molecule has 4 nitrogen and oxygen atoms in total. The summed E-state index contributed by atoms with van der Waals surface area (Å²) in [6.45, 7) is 0. The number of hydrogen-bond donors (Lipinski definition) is 2. The number of methoxy groups -OCH3 is 1. The van der Waals surface area contributed by atoms with Crippen LogP contribution in [0.4, 0.5) is 0 Å². The Morgan fingerprint density at radius 1 is 1.53 bits per heavy atom. The lowest BCUT2D eigenvalue weighted by molar-refractivity contribution is -0.126. The Kier molecular flexibility index (Phi) is 3.69. The molecular weight excluding hydrogens is 286 g/mol. The topological polar surface area (TPSA) is 58.6 Å². The van der Waals surface area contributed by atoms with E-state index in [-0.39, 0.29) is 18.4 Å². The van der Waals surface area contributed by atoms with Crippen molar-refractivity contribution in [3.63, 3.8) is 0 Å². The fraction of sp³-hybridized carbons (Fsp3) is 0.417. The third-order valence-corrected chi connectivity index (χ3v) is 3.33. The number of ether oxygens (including phenoxy) is 1. The summed E-state index contributed by atoms with van der Waals surface area (Å²) in [5.41, 5.74) is 0.891. The van der Waals surface area contributed by atoms with Crippen molar-refractivity contribution in [3.8, 4) is 5.75 Å². The quantitative estimate of drug-likeness (QED) is 0.875. The van der Waals surface area contributed by atoms with Gasteiger partial charge in [-0.05, 0) is 18.6 Å². The van der Waals surface area contributed by atoms with Crippen molar-refractivity contribution in [2.24, 2.45) is 0 Å². The second-order valence-electron chi connectivity index (χ2n) is 4.10. The summed E-state index contributed by atoms with van der Waals surface area (Å²) in [5, 5.41) is 12.5. The molecule has 5 heteroatoms. The Labute approximate surface area is 108 Å². The number of carbonyl (C=O) groups is 1. The first-order valence-electron chi connectivity index (χ1n) is 5.41. The highest BCUT2D eigenvalue weighted by Crippen LogP contribution is 2.32. The SMILES string of the molecule is COc1cc(Br)ccc1[C@@H]1CC(O)CC(=O)N1. The summed E-state index contributed by atoms with van der Waals surface area (Å²) in [4.78, 5) is 11.4. The molecule has 1 aliphatic rings. The normalized spacial score (nSPS) is 24.3. The van der Waals surface area contributed by atoms with Crippen LogP contribution in [0.5, 0.6) is 5.75 Å². The third-order valence-electron chi connectivity index (χ3n) is 2.83. The largest absolute Gasteiger partial charge is 0.496 e. The fourth-order valence-electron chi connectivity index (χ4n) is 2.06. The number of nitrogens with one attached hydrogen (secondary N) is 1. The molecule has 2 N–H and O–H groups in total. The molecule has 2 atom stereocenters. The highest BCUT2D eigenvalue weighted by molar-refractivity contribution is 9.10. The van der Waals surface area contributed by atoms with E-state index in [1.54, 1.807) is 7.11 Å². The van der Waals surface area contributed by atoms with Crippen LogP contribution in [0.3, 0.4) is 0 Å². The van der Waals surface area contributed by atoms with Gasteiger partial charge < -0.3 is 15.2 Å². The van der Waals surface area contributed by atoms with Gasteiger partial charge >= 0.3 is 0 Å². The van der Waals surface area contributed by atoms with Gasteiger partial charge in [0.15, 0.2) is 0 Å². The second-order valence-corrected chi connectivity index (χ2v) is 5.02. The number of halogens is 1. The van der Waals surface area contributed by atoms with Crippen LogP contribution < -0.4 is 10.1 Å². The summed E-state index contributed by atoms with van der Waals surface area (Å²) >= 11 is 3.37. The predicted octanol–water partition coefficient (Wildman–Crippen LogP) is 1.77. The Hall–Kier alpha value is -1.07. The van der Waals surface area contributed by atoms with Gasteiger partial charge in [-0.3, -0.25) is 4.79 Å². The standard InChI is InChI=1S/C12H14BrNO3/c1-17-11-4-7(13)2-3-9(11)10-5-8(15)6-12(16)14-10/h2-4,8,10,15H,5-6H2,1H3,(H,14,16)/t8?,10-/m0/s1. The zero-order valence-electron chi connectivity index (χ0n) is 9.44. The number of hydrogen-bond acceptors (Lipinski definition) is 3. The Bertz CT molecular complexity index is 436. The van der Waals surface area contributed by atoms with Gasteiger partial charge in [-0.15, -0.1) is 0 Å². The van der Waals surface area contributed by atoms with E-state index < -0.39 is 6.10 Å². The van der Waals surface area contributed by atoms with Crippen molar-refractivity contribution in [3.05, 3.63) is 28.2 Å². The average molecular weight is 300 g/mol. The first-order valence-corrected chi connectivity index (χ1v) is 6.20. The maximum Gasteiger partial charge on any atom is 0.223 e. The summed E-state index contributed by atoms with van der Waals surface area (Å²) in [5.74, 6) is 0.581. The molecule has 1 saturated heterocycles. The molecule has 92 valence electrons. The van der Waals surface area contributed by atoms with Gasteiger partial charge in [-0.25, -0.2) is 0 Å². The molecule has 0 spiro atoms. The van der Waals surface area contributed by atoms with E-state index >= 15 is 0 Å². The molecule has 0 aliphatic carbocycles. The van der Waals surface area contributed by atoms with Crippen LogP contribution in [0.25, 0.3) is 0 Å². The van der Waals surface area contributed by atoms with Crippen molar-refractivity contribution >= 4 is 21.8 Å². The van der Waals surface area contributed by atoms with Gasteiger partial charge in [0.25, 0.3) is 0 Å². The van der Waals surface area contributed by atoms with Crippen molar-refractivity contribution in [2.45, 2.75) is 25.0 Å². The highest BCUT2D eigenvalue weighted by Gasteiger charge is 2.27. The molecule has 1 aromatic rings. The van der Waals surface area contributed by atoms with Gasteiger partial charge in [0, 0.05) is 10.0 Å².